The Balaban J connectivity index is 2.00. The number of carbonyl (C=O) groups is 3. The van der Waals surface area contributed by atoms with Gasteiger partial charge in [-0.05, 0) is 31.9 Å². The number of carbonyl (C=O) groups excluding carboxylic acids is 3. The van der Waals surface area contributed by atoms with Crippen molar-refractivity contribution in [3.8, 4) is 5.75 Å². The second kappa shape index (κ2) is 8.88. The Morgan fingerprint density at radius 3 is 2.67 bits per heavy atom. The van der Waals surface area contributed by atoms with Gasteiger partial charge in [0, 0.05) is 23.7 Å². The van der Waals surface area contributed by atoms with E-state index in [-0.39, 0.29) is 18.4 Å². The number of nitrogens with zero attached hydrogens (tertiary/aromatic N) is 1. The largest absolute Gasteiger partial charge is 0.482 e. The van der Waals surface area contributed by atoms with Crippen LogP contribution in [0.1, 0.15) is 40.5 Å². The lowest BCUT2D eigenvalue weighted by atomic mass is 9.94. The molecule has 1 fully saturated rings. The van der Waals surface area contributed by atoms with E-state index in [1.54, 1.807) is 36.1 Å². The topological polar surface area (TPSA) is 84.9 Å². The summed E-state index contributed by atoms with van der Waals surface area (Å²) in [5.74, 6) is -0.233. The molecule has 2 amide bonds. The van der Waals surface area contributed by atoms with Gasteiger partial charge in [0.15, 0.2) is 6.61 Å². The zero-order valence-electron chi connectivity index (χ0n) is 16.4. The van der Waals surface area contributed by atoms with Crippen molar-refractivity contribution in [2.45, 2.75) is 46.6 Å². The molecule has 7 heteroatoms. The third-order valence-corrected chi connectivity index (χ3v) is 4.22. The first-order chi connectivity index (χ1) is 12.7. The molecule has 1 aliphatic heterocycles. The van der Waals surface area contributed by atoms with Gasteiger partial charge in [0.1, 0.15) is 11.8 Å². The van der Waals surface area contributed by atoms with Gasteiger partial charge in [-0.1, -0.05) is 26.8 Å². The fourth-order valence-electron chi connectivity index (χ4n) is 2.95. The molecular weight excluding hydrogens is 348 g/mol. The van der Waals surface area contributed by atoms with Gasteiger partial charge in [0.2, 0.25) is 11.8 Å². The van der Waals surface area contributed by atoms with Crippen LogP contribution in [0.15, 0.2) is 24.3 Å². The van der Waals surface area contributed by atoms with Gasteiger partial charge in [-0.2, -0.15) is 0 Å². The van der Waals surface area contributed by atoms with E-state index < -0.39 is 17.4 Å². The van der Waals surface area contributed by atoms with Gasteiger partial charge in [-0.25, -0.2) is 4.79 Å². The van der Waals surface area contributed by atoms with Crippen molar-refractivity contribution in [1.82, 2.24) is 4.90 Å². The summed E-state index contributed by atoms with van der Waals surface area (Å²) in [5.41, 5.74) is 0.0282. The summed E-state index contributed by atoms with van der Waals surface area (Å²) in [6, 6.07) is 6.32. The van der Waals surface area contributed by atoms with Crippen LogP contribution in [0, 0.1) is 5.41 Å². The Hall–Kier alpha value is -2.57. The van der Waals surface area contributed by atoms with Crippen LogP contribution in [0.5, 0.6) is 5.75 Å². The lowest BCUT2D eigenvalue weighted by Gasteiger charge is -2.30. The molecule has 0 saturated carbocycles. The Morgan fingerprint density at radius 1 is 1.26 bits per heavy atom. The maximum atomic E-state index is 12.7. The SMILES string of the molecule is CCOC(=O)COc1cccc(NC(=O)C2CCCN2C(=O)C(C)(C)C)c1. The summed E-state index contributed by atoms with van der Waals surface area (Å²) in [6.07, 6.45) is 1.45. The Bertz CT molecular complexity index is 696. The van der Waals surface area contributed by atoms with Crippen molar-refractivity contribution in [2.24, 2.45) is 5.41 Å². The highest BCUT2D eigenvalue weighted by Crippen LogP contribution is 2.26. The van der Waals surface area contributed by atoms with E-state index in [1.165, 1.54) is 0 Å². The predicted octanol–water partition coefficient (Wildman–Crippen LogP) is 2.60. The molecule has 1 unspecified atom stereocenters. The van der Waals surface area contributed by atoms with E-state index in [0.717, 1.165) is 6.42 Å². The monoisotopic (exact) mass is 376 g/mol. The normalized spacial score (nSPS) is 16.7. The van der Waals surface area contributed by atoms with Crippen molar-refractivity contribution in [1.29, 1.82) is 0 Å². The van der Waals surface area contributed by atoms with Gasteiger partial charge >= 0.3 is 5.97 Å². The first-order valence-electron chi connectivity index (χ1n) is 9.22. The highest BCUT2D eigenvalue weighted by molar-refractivity contribution is 5.98. The lowest BCUT2D eigenvalue weighted by Crippen LogP contribution is -2.47. The van der Waals surface area contributed by atoms with Crippen molar-refractivity contribution >= 4 is 23.5 Å². The van der Waals surface area contributed by atoms with Gasteiger partial charge in [-0.3, -0.25) is 9.59 Å². The smallest absolute Gasteiger partial charge is 0.344 e. The summed E-state index contributed by atoms with van der Waals surface area (Å²) < 4.78 is 10.2. The number of amides is 2. The van der Waals surface area contributed by atoms with Crippen molar-refractivity contribution < 1.29 is 23.9 Å². The molecule has 1 N–H and O–H groups in total. The third-order valence-electron chi connectivity index (χ3n) is 4.22. The Morgan fingerprint density at radius 2 is 2.00 bits per heavy atom. The number of benzene rings is 1. The number of anilines is 1. The van der Waals surface area contributed by atoms with Crippen LogP contribution in [0.4, 0.5) is 5.69 Å². The summed E-state index contributed by atoms with van der Waals surface area (Å²) >= 11 is 0. The highest BCUT2D eigenvalue weighted by Gasteiger charge is 2.38. The average molecular weight is 376 g/mol. The molecule has 148 valence electrons. The second-order valence-corrected chi connectivity index (χ2v) is 7.52. The number of esters is 1. The van der Waals surface area contributed by atoms with E-state index in [9.17, 15) is 14.4 Å². The summed E-state index contributed by atoms with van der Waals surface area (Å²) in [7, 11) is 0. The first kappa shape index (κ1) is 20.7. The molecule has 1 atom stereocenters. The zero-order valence-corrected chi connectivity index (χ0v) is 16.4. The predicted molar refractivity (Wildman–Crippen MR) is 101 cm³/mol. The van der Waals surface area contributed by atoms with Gasteiger partial charge < -0.3 is 19.7 Å². The highest BCUT2D eigenvalue weighted by atomic mass is 16.6. The van der Waals surface area contributed by atoms with Crippen molar-refractivity contribution in [3.63, 3.8) is 0 Å². The van der Waals surface area contributed by atoms with Crippen LogP contribution >= 0.6 is 0 Å². The Labute approximate surface area is 160 Å². The fraction of sp³-hybridized carbons (Fsp3) is 0.550. The molecule has 0 aliphatic carbocycles. The quantitative estimate of drug-likeness (QED) is 0.772. The number of nitrogens with one attached hydrogen (secondary N) is 1. The Kier molecular flexibility index (Phi) is 6.82. The molecule has 1 aliphatic rings. The number of hydrogen-bond acceptors (Lipinski definition) is 5. The number of likely N-dealkylation sites (tertiary alicyclic amines) is 1. The molecule has 7 nitrogen and oxygen atoms in total. The molecule has 1 aromatic carbocycles. The lowest BCUT2D eigenvalue weighted by molar-refractivity contribution is -0.145. The number of hydrogen-bond donors (Lipinski definition) is 1. The molecule has 1 heterocycles. The second-order valence-electron chi connectivity index (χ2n) is 7.52. The summed E-state index contributed by atoms with van der Waals surface area (Å²) in [4.78, 5) is 38.3. The van der Waals surface area contributed by atoms with Gasteiger partial charge in [-0.15, -0.1) is 0 Å². The standard InChI is InChI=1S/C20H28N2O5/c1-5-26-17(23)13-27-15-9-6-8-14(12-15)21-18(24)16-10-7-11-22(16)19(25)20(2,3)4/h6,8-9,12,16H,5,7,10-11,13H2,1-4H3,(H,21,24). The fourth-order valence-corrected chi connectivity index (χ4v) is 2.95. The zero-order chi connectivity index (χ0) is 20.0. The van der Waals surface area contributed by atoms with Gasteiger partial charge in [0.25, 0.3) is 0 Å². The molecule has 2 rings (SSSR count). The van der Waals surface area contributed by atoms with E-state index in [1.807, 2.05) is 20.8 Å². The van der Waals surface area contributed by atoms with Crippen LogP contribution in [0.25, 0.3) is 0 Å². The molecule has 0 aromatic heterocycles. The molecule has 0 radical (unpaired) electrons. The third kappa shape index (κ3) is 5.70. The minimum absolute atomic E-state index is 0.0216. The van der Waals surface area contributed by atoms with Crippen molar-refractivity contribution in [3.05, 3.63) is 24.3 Å². The minimum atomic E-state index is -0.524. The van der Waals surface area contributed by atoms with E-state index in [4.69, 9.17) is 9.47 Å². The van der Waals surface area contributed by atoms with Crippen LogP contribution in [-0.2, 0) is 19.1 Å². The van der Waals surface area contributed by atoms with Crippen LogP contribution in [0.2, 0.25) is 0 Å². The van der Waals surface area contributed by atoms with Gasteiger partial charge in [0.05, 0.1) is 6.61 Å². The maximum absolute atomic E-state index is 12.7. The van der Waals surface area contributed by atoms with E-state index in [2.05, 4.69) is 5.32 Å². The van der Waals surface area contributed by atoms with Crippen LogP contribution in [-0.4, -0.2) is 48.5 Å². The molecule has 0 bridgehead atoms. The maximum Gasteiger partial charge on any atom is 0.344 e. The average Bonchev–Trinajstić information content (AvgIpc) is 3.08. The van der Waals surface area contributed by atoms with E-state index in [0.29, 0.717) is 31.0 Å². The minimum Gasteiger partial charge on any atom is -0.482 e. The van der Waals surface area contributed by atoms with E-state index >= 15 is 0 Å². The molecule has 1 aromatic rings. The first-order valence-corrected chi connectivity index (χ1v) is 9.22. The van der Waals surface area contributed by atoms with Crippen molar-refractivity contribution in [2.75, 3.05) is 25.1 Å². The van der Waals surface area contributed by atoms with Crippen LogP contribution in [0.3, 0.4) is 0 Å². The summed E-state index contributed by atoms with van der Waals surface area (Å²) in [5, 5.41) is 2.84. The van der Waals surface area contributed by atoms with Crippen LogP contribution < -0.4 is 10.1 Å². The molecule has 1 saturated heterocycles. The number of ether oxygens (including phenoxy) is 2. The summed E-state index contributed by atoms with van der Waals surface area (Å²) in [6.45, 7) is 7.99. The molecule has 0 spiro atoms. The number of rotatable bonds is 6. The molecular formula is C20H28N2O5. The molecule has 27 heavy (non-hydrogen) atoms.